The molecule has 172 valence electrons. The summed E-state index contributed by atoms with van der Waals surface area (Å²) in [5.41, 5.74) is 6.57. The lowest BCUT2D eigenvalue weighted by molar-refractivity contribution is 0.678. The first kappa shape index (κ1) is 24.8. The molecule has 0 saturated heterocycles. The average Bonchev–Trinajstić information content (AvgIpc) is 3.23. The van der Waals surface area contributed by atoms with Gasteiger partial charge in [-0.1, -0.05) is 93.5 Å². The molecule has 1 aliphatic carbocycles. The molecule has 0 saturated carbocycles. The highest BCUT2D eigenvalue weighted by Crippen LogP contribution is 2.39. The maximum atomic E-state index is 9.42. The summed E-state index contributed by atoms with van der Waals surface area (Å²) in [7, 11) is 0. The summed E-state index contributed by atoms with van der Waals surface area (Å²) in [5, 5.41) is 9.42. The van der Waals surface area contributed by atoms with Gasteiger partial charge in [0.25, 0.3) is 5.70 Å². The van der Waals surface area contributed by atoms with Crippen LogP contribution in [0.2, 0.25) is 0 Å². The number of anilines is 1. The Hall–Kier alpha value is -3.82. The Bertz CT molecular complexity index is 1140. The number of fused-ring (bicyclic) bond motifs is 1. The van der Waals surface area contributed by atoms with E-state index in [4.69, 9.17) is 6.57 Å². The minimum atomic E-state index is 0.159. The molecule has 0 aromatic heterocycles. The third-order valence-electron chi connectivity index (χ3n) is 6.07. The Labute approximate surface area is 204 Å². The molecule has 2 aromatic carbocycles. The fraction of sp³-hybridized carbons (Fsp3) is 0.290. The molecule has 3 heteroatoms. The Morgan fingerprint density at radius 1 is 1.00 bits per heavy atom. The number of allylic oxidation sites excluding steroid dienone is 7. The van der Waals surface area contributed by atoms with Gasteiger partial charge in [-0.3, -0.25) is 0 Å². The maximum Gasteiger partial charge on any atom is 0.269 e. The van der Waals surface area contributed by atoms with E-state index in [1.807, 2.05) is 42.5 Å². The van der Waals surface area contributed by atoms with E-state index < -0.39 is 0 Å². The molecule has 0 atom stereocenters. The zero-order chi connectivity index (χ0) is 24.2. The van der Waals surface area contributed by atoms with Crippen LogP contribution in [-0.4, -0.2) is 13.1 Å². The van der Waals surface area contributed by atoms with Crippen LogP contribution in [0.1, 0.15) is 56.2 Å². The maximum absolute atomic E-state index is 9.42. The molecule has 3 rings (SSSR count). The zero-order valence-electron chi connectivity index (χ0n) is 20.3. The average molecular weight is 448 g/mol. The van der Waals surface area contributed by atoms with Crippen molar-refractivity contribution in [2.75, 3.05) is 18.0 Å². The number of benzene rings is 2. The quantitative estimate of drug-likeness (QED) is 0.210. The van der Waals surface area contributed by atoms with Crippen LogP contribution >= 0.6 is 0 Å². The van der Waals surface area contributed by atoms with Crippen molar-refractivity contribution in [1.82, 2.24) is 0 Å². The third-order valence-corrected chi connectivity index (χ3v) is 6.07. The van der Waals surface area contributed by atoms with Crippen molar-refractivity contribution in [3.63, 3.8) is 0 Å². The van der Waals surface area contributed by atoms with Crippen LogP contribution in [0, 0.1) is 17.9 Å². The standard InChI is InChI=1S/C31H33N3/c1-4-6-21-34(22-7-5-2)28-19-17-25(18-20-28)13-9-8-10-15-27-23-26-14-11-12-16-29(26)31(27)30(24-32)33-3/h8-20H,4-7,21-23H2,1-2H3/b10-8+,13-9+,27-15+,31-30?. The largest absolute Gasteiger partial charge is 0.372 e. The molecule has 0 unspecified atom stereocenters. The van der Waals surface area contributed by atoms with Gasteiger partial charge in [-0.05, 0) is 53.7 Å². The van der Waals surface area contributed by atoms with E-state index in [1.165, 1.54) is 36.9 Å². The molecule has 1 aliphatic rings. The molecule has 0 fully saturated rings. The topological polar surface area (TPSA) is 31.4 Å². The Morgan fingerprint density at radius 3 is 2.35 bits per heavy atom. The first-order valence-electron chi connectivity index (χ1n) is 12.2. The lowest BCUT2D eigenvalue weighted by Crippen LogP contribution is -2.25. The SMILES string of the molecule is [C-]#[N+]C(C#N)=C1/C(=C/C=C/C=C/c2ccc(N(CCCC)CCCC)cc2)Cc2ccccc21. The van der Waals surface area contributed by atoms with Gasteiger partial charge in [0.05, 0.1) is 12.6 Å². The minimum absolute atomic E-state index is 0.159. The molecule has 0 aliphatic heterocycles. The van der Waals surface area contributed by atoms with Crippen LogP contribution in [0.4, 0.5) is 5.69 Å². The molecule has 0 radical (unpaired) electrons. The summed E-state index contributed by atoms with van der Waals surface area (Å²) in [6.45, 7) is 14.1. The van der Waals surface area contributed by atoms with Crippen LogP contribution in [0.5, 0.6) is 0 Å². The van der Waals surface area contributed by atoms with Crippen molar-refractivity contribution < 1.29 is 0 Å². The van der Waals surface area contributed by atoms with Gasteiger partial charge in [0.15, 0.2) is 0 Å². The van der Waals surface area contributed by atoms with E-state index in [-0.39, 0.29) is 5.70 Å². The van der Waals surface area contributed by atoms with E-state index in [0.717, 1.165) is 41.8 Å². The molecule has 0 amide bonds. The number of hydrogen-bond acceptors (Lipinski definition) is 2. The van der Waals surface area contributed by atoms with Crippen LogP contribution in [-0.2, 0) is 6.42 Å². The number of unbranched alkanes of at least 4 members (excludes halogenated alkanes) is 2. The second kappa shape index (κ2) is 13.0. The van der Waals surface area contributed by atoms with E-state index in [9.17, 15) is 5.26 Å². The van der Waals surface area contributed by atoms with Gasteiger partial charge in [0.2, 0.25) is 0 Å². The van der Waals surface area contributed by atoms with Crippen LogP contribution in [0.3, 0.4) is 0 Å². The minimum Gasteiger partial charge on any atom is -0.372 e. The molecule has 0 bridgehead atoms. The fourth-order valence-electron chi connectivity index (χ4n) is 4.21. The van der Waals surface area contributed by atoms with Crippen molar-refractivity contribution in [2.45, 2.75) is 46.0 Å². The van der Waals surface area contributed by atoms with Crippen LogP contribution in [0.15, 0.2) is 84.1 Å². The predicted molar refractivity (Wildman–Crippen MR) is 144 cm³/mol. The monoisotopic (exact) mass is 447 g/mol. The van der Waals surface area contributed by atoms with Crippen LogP contribution < -0.4 is 4.90 Å². The number of rotatable bonds is 10. The molecule has 0 N–H and O–H groups in total. The smallest absolute Gasteiger partial charge is 0.269 e. The summed E-state index contributed by atoms with van der Waals surface area (Å²) in [6.07, 6.45) is 15.8. The highest BCUT2D eigenvalue weighted by atomic mass is 15.1. The van der Waals surface area contributed by atoms with Gasteiger partial charge in [-0.15, -0.1) is 0 Å². The van der Waals surface area contributed by atoms with Crippen molar-refractivity contribution in [2.24, 2.45) is 0 Å². The molecule has 3 nitrogen and oxygen atoms in total. The fourth-order valence-corrected chi connectivity index (χ4v) is 4.21. The normalized spacial score (nSPS) is 15.5. The van der Waals surface area contributed by atoms with Gasteiger partial charge in [-0.2, -0.15) is 0 Å². The van der Waals surface area contributed by atoms with Crippen molar-refractivity contribution in [3.8, 4) is 6.07 Å². The second-order valence-electron chi connectivity index (χ2n) is 8.50. The lowest BCUT2D eigenvalue weighted by Gasteiger charge is -2.24. The van der Waals surface area contributed by atoms with Crippen molar-refractivity contribution in [1.29, 1.82) is 5.26 Å². The molecule has 34 heavy (non-hydrogen) atoms. The number of nitriles is 1. The van der Waals surface area contributed by atoms with Gasteiger partial charge in [0.1, 0.15) is 0 Å². The Kier molecular flexibility index (Phi) is 9.51. The van der Waals surface area contributed by atoms with Crippen molar-refractivity contribution in [3.05, 3.63) is 112 Å². The number of nitrogens with zero attached hydrogens (tertiary/aromatic N) is 3. The van der Waals surface area contributed by atoms with E-state index in [0.29, 0.717) is 0 Å². The zero-order valence-corrected chi connectivity index (χ0v) is 20.3. The van der Waals surface area contributed by atoms with Crippen LogP contribution in [0.25, 0.3) is 16.5 Å². The summed E-state index contributed by atoms with van der Waals surface area (Å²) >= 11 is 0. The Balaban J connectivity index is 1.69. The molecule has 2 aromatic rings. The second-order valence-corrected chi connectivity index (χ2v) is 8.50. The molecule has 0 heterocycles. The van der Waals surface area contributed by atoms with E-state index in [1.54, 1.807) is 0 Å². The lowest BCUT2D eigenvalue weighted by atomic mass is 10.0. The summed E-state index contributed by atoms with van der Waals surface area (Å²) < 4.78 is 0. The van der Waals surface area contributed by atoms with E-state index >= 15 is 0 Å². The van der Waals surface area contributed by atoms with Gasteiger partial charge >= 0.3 is 0 Å². The van der Waals surface area contributed by atoms with E-state index in [2.05, 4.69) is 66.1 Å². The molecule has 0 spiro atoms. The first-order chi connectivity index (χ1) is 16.7. The van der Waals surface area contributed by atoms with Gasteiger partial charge in [-0.25, -0.2) is 10.1 Å². The predicted octanol–water partition coefficient (Wildman–Crippen LogP) is 8.00. The Morgan fingerprint density at radius 2 is 1.71 bits per heavy atom. The highest BCUT2D eigenvalue weighted by molar-refractivity contribution is 5.90. The highest BCUT2D eigenvalue weighted by Gasteiger charge is 2.23. The first-order valence-corrected chi connectivity index (χ1v) is 12.2. The molecular weight excluding hydrogens is 414 g/mol. The molecular formula is C31H33N3. The van der Waals surface area contributed by atoms with Crippen molar-refractivity contribution >= 4 is 17.3 Å². The number of hydrogen-bond donors (Lipinski definition) is 0. The van der Waals surface area contributed by atoms with Gasteiger partial charge in [0, 0.05) is 24.4 Å². The third kappa shape index (κ3) is 6.37. The summed E-state index contributed by atoms with van der Waals surface area (Å²) in [6, 6.07) is 18.9. The van der Waals surface area contributed by atoms with Gasteiger partial charge < -0.3 is 4.90 Å². The summed E-state index contributed by atoms with van der Waals surface area (Å²) in [4.78, 5) is 5.96. The summed E-state index contributed by atoms with van der Waals surface area (Å²) in [5.74, 6) is 0.